The molecule has 6 heteroatoms. The van der Waals surface area contributed by atoms with Gasteiger partial charge >= 0.3 is 0 Å². The fourth-order valence-electron chi connectivity index (χ4n) is 1.96. The number of benzene rings is 2. The summed E-state index contributed by atoms with van der Waals surface area (Å²) in [5.41, 5.74) is 1.76. The van der Waals surface area contributed by atoms with Crippen molar-refractivity contribution >= 4 is 27.5 Å². The van der Waals surface area contributed by atoms with E-state index in [-0.39, 0.29) is 11.5 Å². The van der Waals surface area contributed by atoms with Gasteiger partial charge in [0.15, 0.2) is 0 Å². The number of aliphatic hydroxyl groups is 1. The third-order valence-corrected chi connectivity index (χ3v) is 5.38. The van der Waals surface area contributed by atoms with E-state index in [1.807, 2.05) is 18.4 Å². The third-order valence-electron chi connectivity index (χ3n) is 3.08. The zero-order chi connectivity index (χ0) is 15.5. The molecule has 0 bridgehead atoms. The number of aliphatic hydroxyl groups excluding tert-OH is 1. The number of anilines is 1. The summed E-state index contributed by atoms with van der Waals surface area (Å²) >= 11 is 1.48. The van der Waals surface area contributed by atoms with E-state index in [0.717, 1.165) is 4.90 Å². The van der Waals surface area contributed by atoms with E-state index >= 15 is 0 Å². The standard InChI is InChI=1S/C15H17NO3S2/c1-11-7-8-12(10-17)9-15(11)21(18,19)16-13-5-3-4-6-14(13)20-2/h3-9,16-17H,10H2,1-2H3. The van der Waals surface area contributed by atoms with Crippen molar-refractivity contribution in [1.29, 1.82) is 0 Å². The highest BCUT2D eigenvalue weighted by molar-refractivity contribution is 7.99. The zero-order valence-electron chi connectivity index (χ0n) is 11.8. The van der Waals surface area contributed by atoms with E-state index in [4.69, 9.17) is 0 Å². The van der Waals surface area contributed by atoms with Crippen LogP contribution in [0.5, 0.6) is 0 Å². The SMILES string of the molecule is CSc1ccccc1NS(=O)(=O)c1cc(CO)ccc1C. The van der Waals surface area contributed by atoms with Gasteiger partial charge in [-0.1, -0.05) is 24.3 Å². The first kappa shape index (κ1) is 15.9. The van der Waals surface area contributed by atoms with Crippen molar-refractivity contribution < 1.29 is 13.5 Å². The summed E-state index contributed by atoms with van der Waals surface area (Å²) in [7, 11) is -3.68. The predicted octanol–water partition coefficient (Wildman–Crippen LogP) is 3.01. The second-order valence-corrected chi connectivity index (χ2v) is 7.06. The lowest BCUT2D eigenvalue weighted by Crippen LogP contribution is -2.15. The van der Waals surface area contributed by atoms with Gasteiger partial charge in [0.25, 0.3) is 10.0 Å². The Hall–Kier alpha value is -1.50. The molecule has 0 heterocycles. The van der Waals surface area contributed by atoms with Crippen LogP contribution >= 0.6 is 11.8 Å². The second kappa shape index (κ2) is 6.51. The highest BCUT2D eigenvalue weighted by Crippen LogP contribution is 2.28. The summed E-state index contributed by atoms with van der Waals surface area (Å²) in [5, 5.41) is 9.17. The van der Waals surface area contributed by atoms with Gasteiger partial charge in [-0.3, -0.25) is 4.72 Å². The molecule has 2 aromatic carbocycles. The molecule has 0 spiro atoms. The summed E-state index contributed by atoms with van der Waals surface area (Å²) in [6, 6.07) is 12.1. The van der Waals surface area contributed by atoms with Crippen LogP contribution in [-0.2, 0) is 16.6 Å². The summed E-state index contributed by atoms with van der Waals surface area (Å²) in [4.78, 5) is 1.04. The van der Waals surface area contributed by atoms with Gasteiger partial charge in [-0.15, -0.1) is 11.8 Å². The molecule has 0 amide bonds. The second-order valence-electron chi connectivity index (χ2n) is 4.56. The molecule has 0 aliphatic heterocycles. The van der Waals surface area contributed by atoms with E-state index in [9.17, 15) is 13.5 Å². The van der Waals surface area contributed by atoms with Crippen molar-refractivity contribution in [2.45, 2.75) is 23.3 Å². The molecule has 0 atom stereocenters. The Morgan fingerprint density at radius 3 is 2.57 bits per heavy atom. The molecule has 0 radical (unpaired) electrons. The largest absolute Gasteiger partial charge is 0.392 e. The molecule has 112 valence electrons. The molecule has 0 fully saturated rings. The lowest BCUT2D eigenvalue weighted by Gasteiger charge is -2.13. The molecule has 0 aromatic heterocycles. The Kier molecular flexibility index (Phi) is 4.92. The molecule has 0 saturated heterocycles. The quantitative estimate of drug-likeness (QED) is 0.830. The molecule has 2 rings (SSSR count). The van der Waals surface area contributed by atoms with Crippen molar-refractivity contribution in [3.63, 3.8) is 0 Å². The van der Waals surface area contributed by atoms with Crippen molar-refractivity contribution in [3.05, 3.63) is 53.6 Å². The summed E-state index contributed by atoms with van der Waals surface area (Å²) in [6.07, 6.45) is 1.89. The molecule has 21 heavy (non-hydrogen) atoms. The first-order chi connectivity index (χ1) is 9.97. The molecule has 0 saturated carbocycles. The average molecular weight is 323 g/mol. The van der Waals surface area contributed by atoms with Gasteiger partial charge in [0.2, 0.25) is 0 Å². The smallest absolute Gasteiger partial charge is 0.262 e. The van der Waals surface area contributed by atoms with Crippen LogP contribution in [0.25, 0.3) is 0 Å². The molecular formula is C15H17NO3S2. The van der Waals surface area contributed by atoms with Gasteiger partial charge in [0, 0.05) is 4.90 Å². The molecule has 0 aliphatic rings. The third kappa shape index (κ3) is 3.58. The number of hydrogen-bond donors (Lipinski definition) is 2. The van der Waals surface area contributed by atoms with Crippen LogP contribution in [0.3, 0.4) is 0 Å². The molecule has 2 aromatic rings. The Labute approximate surface area is 129 Å². The number of thioether (sulfide) groups is 1. The minimum atomic E-state index is -3.68. The lowest BCUT2D eigenvalue weighted by atomic mass is 10.2. The minimum absolute atomic E-state index is 0.185. The molecule has 2 N–H and O–H groups in total. The first-order valence-corrected chi connectivity index (χ1v) is 9.05. The van der Waals surface area contributed by atoms with Gasteiger partial charge in [-0.25, -0.2) is 8.42 Å². The Bertz CT molecular complexity index is 742. The van der Waals surface area contributed by atoms with Crippen LogP contribution in [0.4, 0.5) is 5.69 Å². The van der Waals surface area contributed by atoms with Gasteiger partial charge in [0.1, 0.15) is 0 Å². The van der Waals surface area contributed by atoms with Gasteiger partial charge < -0.3 is 5.11 Å². The first-order valence-electron chi connectivity index (χ1n) is 6.34. The normalized spacial score (nSPS) is 11.4. The molecule has 0 unspecified atom stereocenters. The maximum Gasteiger partial charge on any atom is 0.262 e. The van der Waals surface area contributed by atoms with E-state index in [1.54, 1.807) is 31.2 Å². The van der Waals surface area contributed by atoms with Crippen molar-refractivity contribution in [2.75, 3.05) is 11.0 Å². The molecule has 4 nitrogen and oxygen atoms in total. The maximum atomic E-state index is 12.6. The average Bonchev–Trinajstić information content (AvgIpc) is 2.47. The van der Waals surface area contributed by atoms with Crippen molar-refractivity contribution in [1.82, 2.24) is 0 Å². The zero-order valence-corrected chi connectivity index (χ0v) is 13.5. The summed E-state index contributed by atoms with van der Waals surface area (Å²) in [5.74, 6) is 0. The van der Waals surface area contributed by atoms with Crippen LogP contribution < -0.4 is 4.72 Å². The fraction of sp³-hybridized carbons (Fsp3) is 0.200. The number of hydrogen-bond acceptors (Lipinski definition) is 4. The number of rotatable bonds is 5. The number of nitrogens with one attached hydrogen (secondary N) is 1. The van der Waals surface area contributed by atoms with Gasteiger partial charge in [-0.2, -0.15) is 0 Å². The van der Waals surface area contributed by atoms with Crippen LogP contribution in [0, 0.1) is 6.92 Å². The fourth-order valence-corrected chi connectivity index (χ4v) is 3.96. The van der Waals surface area contributed by atoms with E-state index in [1.165, 1.54) is 17.8 Å². The highest BCUT2D eigenvalue weighted by Gasteiger charge is 2.18. The number of aryl methyl sites for hydroxylation is 1. The van der Waals surface area contributed by atoms with E-state index in [2.05, 4.69) is 4.72 Å². The predicted molar refractivity (Wildman–Crippen MR) is 86.1 cm³/mol. The number of sulfonamides is 1. The highest BCUT2D eigenvalue weighted by atomic mass is 32.2. The van der Waals surface area contributed by atoms with Gasteiger partial charge in [-0.05, 0) is 42.5 Å². The van der Waals surface area contributed by atoms with Crippen LogP contribution in [-0.4, -0.2) is 19.8 Å². The van der Waals surface area contributed by atoms with Crippen LogP contribution in [0.2, 0.25) is 0 Å². The molecular weight excluding hydrogens is 306 g/mol. The lowest BCUT2D eigenvalue weighted by molar-refractivity contribution is 0.281. The topological polar surface area (TPSA) is 66.4 Å². The number of para-hydroxylation sites is 1. The monoisotopic (exact) mass is 323 g/mol. The van der Waals surface area contributed by atoms with Gasteiger partial charge in [0.05, 0.1) is 17.2 Å². The Morgan fingerprint density at radius 1 is 1.19 bits per heavy atom. The summed E-state index contributed by atoms with van der Waals surface area (Å²) in [6.45, 7) is 1.54. The summed E-state index contributed by atoms with van der Waals surface area (Å²) < 4.78 is 27.7. The minimum Gasteiger partial charge on any atom is -0.392 e. The van der Waals surface area contributed by atoms with E-state index in [0.29, 0.717) is 16.8 Å². The van der Waals surface area contributed by atoms with E-state index < -0.39 is 10.0 Å². The maximum absolute atomic E-state index is 12.6. The Morgan fingerprint density at radius 2 is 1.90 bits per heavy atom. The van der Waals surface area contributed by atoms with Crippen molar-refractivity contribution in [3.8, 4) is 0 Å². The van der Waals surface area contributed by atoms with Crippen molar-refractivity contribution in [2.24, 2.45) is 0 Å². The van der Waals surface area contributed by atoms with Crippen LogP contribution in [0.15, 0.2) is 52.3 Å². The molecule has 0 aliphatic carbocycles. The van der Waals surface area contributed by atoms with Crippen LogP contribution in [0.1, 0.15) is 11.1 Å². The Balaban J connectivity index is 2.43.